The molecule has 194 valence electrons. The van der Waals surface area contributed by atoms with E-state index < -0.39 is 28.8 Å². The van der Waals surface area contributed by atoms with Crippen LogP contribution in [0.25, 0.3) is 0 Å². The molecule has 1 aliphatic carbocycles. The Morgan fingerprint density at radius 3 is 2.14 bits per heavy atom. The van der Waals surface area contributed by atoms with E-state index in [4.69, 9.17) is 4.74 Å². The number of rotatable bonds is 7. The molecule has 0 bridgehead atoms. The van der Waals surface area contributed by atoms with Crippen molar-refractivity contribution in [2.75, 3.05) is 12.3 Å². The molecule has 2 fully saturated rings. The first kappa shape index (κ1) is 26.4. The van der Waals surface area contributed by atoms with E-state index in [9.17, 15) is 29.1 Å². The molecule has 1 saturated carbocycles. The second-order valence-electron chi connectivity index (χ2n) is 9.10. The number of benzene rings is 2. The molecule has 37 heavy (non-hydrogen) atoms. The third kappa shape index (κ3) is 6.02. The summed E-state index contributed by atoms with van der Waals surface area (Å²) >= 11 is 1.47. The second-order valence-corrected chi connectivity index (χ2v) is 10.5. The monoisotopic (exact) mass is 524 g/mol. The topological polar surface area (TPSA) is 130 Å². The SMILES string of the molecule is O=C(CCNC(=O)C1CCC2(CC1)SC[C@@H](C(=O)O)N2C(=O)c1ccccc1)OC(=O)c1ccccc1. The van der Waals surface area contributed by atoms with Crippen LogP contribution in [0.4, 0.5) is 0 Å². The minimum atomic E-state index is -1.04. The van der Waals surface area contributed by atoms with Gasteiger partial charge in [-0.15, -0.1) is 11.8 Å². The zero-order valence-electron chi connectivity index (χ0n) is 20.1. The fourth-order valence-electron chi connectivity index (χ4n) is 4.83. The Hall–Kier alpha value is -3.66. The first-order chi connectivity index (χ1) is 17.8. The zero-order chi connectivity index (χ0) is 26.4. The number of aliphatic carboxylic acids is 1. The average molecular weight is 525 g/mol. The van der Waals surface area contributed by atoms with E-state index in [2.05, 4.69) is 5.32 Å². The van der Waals surface area contributed by atoms with Gasteiger partial charge in [0.05, 0.1) is 16.9 Å². The number of carboxylic acid groups (broad SMARTS) is 1. The van der Waals surface area contributed by atoms with Gasteiger partial charge in [-0.2, -0.15) is 0 Å². The van der Waals surface area contributed by atoms with Crippen molar-refractivity contribution >= 4 is 41.5 Å². The van der Waals surface area contributed by atoms with Gasteiger partial charge in [-0.25, -0.2) is 9.59 Å². The Morgan fingerprint density at radius 1 is 0.946 bits per heavy atom. The first-order valence-electron chi connectivity index (χ1n) is 12.1. The number of esters is 2. The maximum absolute atomic E-state index is 13.3. The van der Waals surface area contributed by atoms with Gasteiger partial charge in [0.15, 0.2) is 0 Å². The van der Waals surface area contributed by atoms with Crippen LogP contribution in [0.1, 0.15) is 52.8 Å². The van der Waals surface area contributed by atoms with Gasteiger partial charge < -0.3 is 20.1 Å². The Kier molecular flexibility index (Phi) is 8.27. The summed E-state index contributed by atoms with van der Waals surface area (Å²) in [5.74, 6) is -3.04. The lowest BCUT2D eigenvalue weighted by Gasteiger charge is -2.43. The Balaban J connectivity index is 1.29. The van der Waals surface area contributed by atoms with Gasteiger partial charge in [-0.05, 0) is 49.9 Å². The fourth-order valence-corrected chi connectivity index (χ4v) is 6.46. The Bertz CT molecular complexity index is 1160. The number of nitrogens with one attached hydrogen (secondary N) is 1. The summed E-state index contributed by atoms with van der Waals surface area (Å²) in [5, 5.41) is 12.5. The molecule has 10 heteroatoms. The minimum absolute atomic E-state index is 0.0375. The normalized spacial score (nSPS) is 22.9. The fraction of sp³-hybridized carbons (Fsp3) is 0.370. The van der Waals surface area contributed by atoms with E-state index in [1.165, 1.54) is 16.7 Å². The van der Waals surface area contributed by atoms with Gasteiger partial charge in [0.2, 0.25) is 5.91 Å². The predicted molar refractivity (Wildman–Crippen MR) is 136 cm³/mol. The van der Waals surface area contributed by atoms with Crippen molar-refractivity contribution in [1.82, 2.24) is 10.2 Å². The lowest BCUT2D eigenvalue weighted by atomic mass is 9.83. The van der Waals surface area contributed by atoms with Crippen molar-refractivity contribution in [3.63, 3.8) is 0 Å². The first-order valence-corrected chi connectivity index (χ1v) is 13.1. The van der Waals surface area contributed by atoms with E-state index in [1.54, 1.807) is 60.7 Å². The number of carbonyl (C=O) groups is 5. The average Bonchev–Trinajstić information content (AvgIpc) is 3.28. The van der Waals surface area contributed by atoms with Crippen LogP contribution in [-0.4, -0.2) is 62.9 Å². The van der Waals surface area contributed by atoms with Crippen LogP contribution in [-0.2, 0) is 19.1 Å². The molecule has 2 aliphatic rings. The van der Waals surface area contributed by atoms with E-state index in [-0.39, 0.29) is 36.3 Å². The molecular formula is C27H28N2O7S. The van der Waals surface area contributed by atoms with Crippen molar-refractivity contribution < 1.29 is 33.8 Å². The van der Waals surface area contributed by atoms with E-state index in [0.29, 0.717) is 37.0 Å². The summed E-state index contributed by atoms with van der Waals surface area (Å²) in [5.41, 5.74) is 0.707. The highest BCUT2D eigenvalue weighted by Crippen LogP contribution is 2.50. The standard InChI is InChI=1S/C27H28N2O7S/c30-22(36-26(35)20-9-5-2-6-10-20)13-16-28-23(31)18-11-14-27(15-12-18)29(21(17-37-27)25(33)34)24(32)19-7-3-1-4-8-19/h1-10,18,21H,11-17H2,(H,28,31)(H,33,34)/t18?,21-,27?/m0/s1. The molecule has 2 amide bonds. The highest BCUT2D eigenvalue weighted by molar-refractivity contribution is 8.01. The highest BCUT2D eigenvalue weighted by atomic mass is 32.2. The van der Waals surface area contributed by atoms with Gasteiger partial charge in [0.25, 0.3) is 5.91 Å². The molecule has 0 radical (unpaired) electrons. The van der Waals surface area contributed by atoms with Crippen molar-refractivity contribution in [1.29, 1.82) is 0 Å². The van der Waals surface area contributed by atoms with Gasteiger partial charge in [0, 0.05) is 23.8 Å². The zero-order valence-corrected chi connectivity index (χ0v) is 20.9. The van der Waals surface area contributed by atoms with Crippen LogP contribution in [0.5, 0.6) is 0 Å². The largest absolute Gasteiger partial charge is 0.480 e. The van der Waals surface area contributed by atoms with Crippen molar-refractivity contribution in [3.05, 3.63) is 71.8 Å². The molecule has 1 atom stereocenters. The van der Waals surface area contributed by atoms with Crippen LogP contribution < -0.4 is 5.32 Å². The summed E-state index contributed by atoms with van der Waals surface area (Å²) in [6.07, 6.45) is 1.81. The van der Waals surface area contributed by atoms with Gasteiger partial charge in [-0.1, -0.05) is 36.4 Å². The van der Waals surface area contributed by atoms with E-state index in [0.717, 1.165) is 0 Å². The van der Waals surface area contributed by atoms with Crippen molar-refractivity contribution in [2.24, 2.45) is 5.92 Å². The van der Waals surface area contributed by atoms with E-state index >= 15 is 0 Å². The summed E-state index contributed by atoms with van der Waals surface area (Å²) in [6, 6.07) is 15.9. The quantitative estimate of drug-likeness (QED) is 0.418. The molecular weight excluding hydrogens is 496 g/mol. The number of hydrogen-bond donors (Lipinski definition) is 2. The number of carbonyl (C=O) groups excluding carboxylic acids is 4. The predicted octanol–water partition coefficient (Wildman–Crippen LogP) is 3.11. The number of thioether (sulfide) groups is 1. The lowest BCUT2D eigenvalue weighted by molar-refractivity contribution is -0.143. The third-order valence-electron chi connectivity index (χ3n) is 6.77. The Labute approximate surface area is 218 Å². The smallest absolute Gasteiger partial charge is 0.345 e. The van der Waals surface area contributed by atoms with Gasteiger partial charge in [-0.3, -0.25) is 14.4 Å². The second kappa shape index (κ2) is 11.6. The lowest BCUT2D eigenvalue weighted by Crippen LogP contribution is -2.54. The molecule has 4 rings (SSSR count). The summed E-state index contributed by atoms with van der Waals surface area (Å²) in [7, 11) is 0. The number of ether oxygens (including phenoxy) is 1. The molecule has 1 saturated heterocycles. The molecule has 1 heterocycles. The Morgan fingerprint density at radius 2 is 1.54 bits per heavy atom. The number of nitrogens with zero attached hydrogens (tertiary/aromatic N) is 1. The molecule has 2 aromatic rings. The van der Waals surface area contributed by atoms with Gasteiger partial charge >= 0.3 is 17.9 Å². The summed E-state index contributed by atoms with van der Waals surface area (Å²) in [6.45, 7) is 0.0375. The highest BCUT2D eigenvalue weighted by Gasteiger charge is 2.53. The number of carboxylic acids is 1. The molecule has 1 spiro atoms. The van der Waals surface area contributed by atoms with Crippen LogP contribution in [0.2, 0.25) is 0 Å². The molecule has 1 aliphatic heterocycles. The van der Waals surface area contributed by atoms with Crippen LogP contribution in [0, 0.1) is 5.92 Å². The van der Waals surface area contributed by atoms with Crippen LogP contribution in [0.15, 0.2) is 60.7 Å². The third-order valence-corrected chi connectivity index (χ3v) is 8.39. The maximum Gasteiger partial charge on any atom is 0.345 e. The van der Waals surface area contributed by atoms with Gasteiger partial charge in [0.1, 0.15) is 6.04 Å². The van der Waals surface area contributed by atoms with Crippen molar-refractivity contribution in [2.45, 2.75) is 43.0 Å². The molecule has 2 N–H and O–H groups in total. The van der Waals surface area contributed by atoms with Crippen LogP contribution >= 0.6 is 11.8 Å². The number of amides is 2. The summed E-state index contributed by atoms with van der Waals surface area (Å²) < 4.78 is 4.81. The van der Waals surface area contributed by atoms with Crippen molar-refractivity contribution in [3.8, 4) is 0 Å². The molecule has 2 aromatic carbocycles. The molecule has 9 nitrogen and oxygen atoms in total. The van der Waals surface area contributed by atoms with E-state index in [1.807, 2.05) is 0 Å². The van der Waals surface area contributed by atoms with Crippen LogP contribution in [0.3, 0.4) is 0 Å². The number of hydrogen-bond acceptors (Lipinski definition) is 7. The molecule has 0 unspecified atom stereocenters. The maximum atomic E-state index is 13.3. The molecule has 0 aromatic heterocycles. The minimum Gasteiger partial charge on any atom is -0.480 e. The summed E-state index contributed by atoms with van der Waals surface area (Å²) in [4.78, 5) is 62.7.